The molecule has 0 saturated heterocycles. The molecule has 0 radical (unpaired) electrons. The van der Waals surface area contributed by atoms with Crippen LogP contribution in [0.15, 0.2) is 24.3 Å². The standard InChI is InChI=1S/C11H14N2O/c1-8-4-2-3-5-9(8)13-10(14)11(12)6-7-11/h2-5H,6-7,12H2,1H3,(H,13,14). The van der Waals surface area contributed by atoms with Gasteiger partial charge in [-0.15, -0.1) is 0 Å². The summed E-state index contributed by atoms with van der Waals surface area (Å²) in [7, 11) is 0. The number of nitrogens with two attached hydrogens (primary N) is 1. The lowest BCUT2D eigenvalue weighted by Gasteiger charge is -2.11. The number of para-hydroxylation sites is 1. The van der Waals surface area contributed by atoms with E-state index in [1.807, 2.05) is 31.2 Å². The fourth-order valence-corrected chi connectivity index (χ4v) is 1.32. The number of anilines is 1. The molecule has 1 saturated carbocycles. The highest BCUT2D eigenvalue weighted by molar-refractivity contribution is 6.00. The zero-order chi connectivity index (χ0) is 10.2. The second-order valence-corrected chi connectivity index (χ2v) is 3.93. The zero-order valence-corrected chi connectivity index (χ0v) is 8.21. The third-order valence-electron chi connectivity index (χ3n) is 2.63. The third-order valence-corrected chi connectivity index (χ3v) is 2.63. The molecule has 1 aromatic rings. The molecular weight excluding hydrogens is 176 g/mol. The number of nitrogens with one attached hydrogen (secondary N) is 1. The summed E-state index contributed by atoms with van der Waals surface area (Å²) >= 11 is 0. The number of hydrogen-bond acceptors (Lipinski definition) is 2. The van der Waals surface area contributed by atoms with E-state index in [-0.39, 0.29) is 5.91 Å². The Morgan fingerprint density at radius 1 is 1.43 bits per heavy atom. The van der Waals surface area contributed by atoms with Gasteiger partial charge in [0.1, 0.15) is 0 Å². The summed E-state index contributed by atoms with van der Waals surface area (Å²) in [6, 6.07) is 7.70. The molecule has 3 N–H and O–H groups in total. The van der Waals surface area contributed by atoms with Crippen molar-refractivity contribution in [2.24, 2.45) is 5.73 Å². The fourth-order valence-electron chi connectivity index (χ4n) is 1.32. The van der Waals surface area contributed by atoms with Gasteiger partial charge in [0.25, 0.3) is 0 Å². The number of aryl methyl sites for hydroxylation is 1. The lowest BCUT2D eigenvalue weighted by atomic mass is 10.2. The summed E-state index contributed by atoms with van der Waals surface area (Å²) in [6.07, 6.45) is 1.59. The van der Waals surface area contributed by atoms with Crippen molar-refractivity contribution >= 4 is 11.6 Å². The van der Waals surface area contributed by atoms with Crippen LogP contribution in [-0.4, -0.2) is 11.4 Å². The van der Waals surface area contributed by atoms with Crippen molar-refractivity contribution in [2.45, 2.75) is 25.3 Å². The van der Waals surface area contributed by atoms with Gasteiger partial charge in [0.15, 0.2) is 0 Å². The predicted octanol–water partition coefficient (Wildman–Crippen LogP) is 1.42. The maximum Gasteiger partial charge on any atom is 0.244 e. The maximum atomic E-state index is 11.6. The molecule has 1 fully saturated rings. The molecule has 0 aromatic heterocycles. The molecule has 1 aromatic carbocycles. The van der Waals surface area contributed by atoms with Crippen molar-refractivity contribution in [1.29, 1.82) is 0 Å². The van der Waals surface area contributed by atoms with E-state index in [0.717, 1.165) is 24.1 Å². The summed E-state index contributed by atoms with van der Waals surface area (Å²) in [4.78, 5) is 11.6. The van der Waals surface area contributed by atoms with Crippen molar-refractivity contribution in [3.8, 4) is 0 Å². The molecule has 2 rings (SSSR count). The van der Waals surface area contributed by atoms with E-state index in [1.54, 1.807) is 0 Å². The Hall–Kier alpha value is -1.35. The minimum atomic E-state index is -0.595. The first-order valence-corrected chi connectivity index (χ1v) is 4.78. The van der Waals surface area contributed by atoms with Crippen molar-refractivity contribution in [3.05, 3.63) is 29.8 Å². The van der Waals surface area contributed by atoms with Crippen LogP contribution in [0.2, 0.25) is 0 Å². The Balaban J connectivity index is 2.11. The second-order valence-electron chi connectivity index (χ2n) is 3.93. The van der Waals surface area contributed by atoms with Crippen molar-refractivity contribution in [1.82, 2.24) is 0 Å². The van der Waals surface area contributed by atoms with E-state index >= 15 is 0 Å². The van der Waals surface area contributed by atoms with Crippen LogP contribution in [-0.2, 0) is 4.79 Å². The highest BCUT2D eigenvalue weighted by atomic mass is 16.2. The lowest BCUT2D eigenvalue weighted by Crippen LogP contribution is -2.37. The Morgan fingerprint density at radius 3 is 2.64 bits per heavy atom. The Labute approximate surface area is 83.3 Å². The van der Waals surface area contributed by atoms with E-state index in [4.69, 9.17) is 5.73 Å². The SMILES string of the molecule is Cc1ccccc1NC(=O)C1(N)CC1. The van der Waals surface area contributed by atoms with Gasteiger partial charge in [0.05, 0.1) is 5.54 Å². The number of carbonyl (C=O) groups is 1. The average Bonchev–Trinajstić information content (AvgIpc) is 2.89. The quantitative estimate of drug-likeness (QED) is 0.741. The van der Waals surface area contributed by atoms with E-state index in [9.17, 15) is 4.79 Å². The number of benzene rings is 1. The summed E-state index contributed by atoms with van der Waals surface area (Å²) in [5.74, 6) is -0.0631. The van der Waals surface area contributed by atoms with Crippen molar-refractivity contribution in [3.63, 3.8) is 0 Å². The van der Waals surface area contributed by atoms with Gasteiger partial charge < -0.3 is 11.1 Å². The first kappa shape index (κ1) is 9.21. The molecule has 0 bridgehead atoms. The maximum absolute atomic E-state index is 11.6. The van der Waals surface area contributed by atoms with Crippen LogP contribution in [0.5, 0.6) is 0 Å². The monoisotopic (exact) mass is 190 g/mol. The van der Waals surface area contributed by atoms with Gasteiger partial charge in [-0.25, -0.2) is 0 Å². The van der Waals surface area contributed by atoms with Gasteiger partial charge in [-0.1, -0.05) is 18.2 Å². The smallest absolute Gasteiger partial charge is 0.244 e. The molecule has 74 valence electrons. The molecule has 1 amide bonds. The van der Waals surface area contributed by atoms with Gasteiger partial charge in [0.2, 0.25) is 5.91 Å². The van der Waals surface area contributed by atoms with Gasteiger partial charge in [-0.2, -0.15) is 0 Å². The van der Waals surface area contributed by atoms with E-state index in [0.29, 0.717) is 0 Å². The largest absolute Gasteiger partial charge is 0.324 e. The zero-order valence-electron chi connectivity index (χ0n) is 8.21. The second kappa shape index (κ2) is 3.10. The summed E-state index contributed by atoms with van der Waals surface area (Å²) in [6.45, 7) is 1.96. The minimum Gasteiger partial charge on any atom is -0.324 e. The summed E-state index contributed by atoms with van der Waals surface area (Å²) < 4.78 is 0. The predicted molar refractivity (Wildman–Crippen MR) is 56.0 cm³/mol. The Morgan fingerprint density at radius 2 is 2.07 bits per heavy atom. The minimum absolute atomic E-state index is 0.0631. The molecule has 0 atom stereocenters. The highest BCUT2D eigenvalue weighted by Crippen LogP contribution is 2.33. The van der Waals surface area contributed by atoms with E-state index in [2.05, 4.69) is 5.32 Å². The molecule has 1 aliphatic rings. The lowest BCUT2D eigenvalue weighted by molar-refractivity contribution is -0.118. The normalized spacial score (nSPS) is 17.6. The van der Waals surface area contributed by atoms with Crippen LogP contribution in [0.1, 0.15) is 18.4 Å². The van der Waals surface area contributed by atoms with Crippen LogP contribution in [0.3, 0.4) is 0 Å². The van der Waals surface area contributed by atoms with E-state index < -0.39 is 5.54 Å². The molecule has 0 aliphatic heterocycles. The molecular formula is C11H14N2O. The Kier molecular flexibility index (Phi) is 2.04. The van der Waals surface area contributed by atoms with Gasteiger partial charge in [-0.05, 0) is 31.4 Å². The van der Waals surface area contributed by atoms with Crippen LogP contribution >= 0.6 is 0 Å². The van der Waals surface area contributed by atoms with Crippen LogP contribution in [0, 0.1) is 6.92 Å². The molecule has 3 heteroatoms. The van der Waals surface area contributed by atoms with Crippen LogP contribution in [0.25, 0.3) is 0 Å². The average molecular weight is 190 g/mol. The van der Waals surface area contributed by atoms with Crippen molar-refractivity contribution in [2.75, 3.05) is 5.32 Å². The van der Waals surface area contributed by atoms with Gasteiger partial charge in [-0.3, -0.25) is 4.79 Å². The van der Waals surface area contributed by atoms with E-state index in [1.165, 1.54) is 0 Å². The van der Waals surface area contributed by atoms with Crippen LogP contribution < -0.4 is 11.1 Å². The molecule has 0 spiro atoms. The topological polar surface area (TPSA) is 55.1 Å². The van der Waals surface area contributed by atoms with Crippen molar-refractivity contribution < 1.29 is 4.79 Å². The summed E-state index contributed by atoms with van der Waals surface area (Å²) in [5.41, 5.74) is 7.10. The molecule has 3 nitrogen and oxygen atoms in total. The first-order valence-electron chi connectivity index (χ1n) is 4.78. The van der Waals surface area contributed by atoms with Gasteiger partial charge in [0, 0.05) is 5.69 Å². The fraction of sp³-hybridized carbons (Fsp3) is 0.364. The highest BCUT2D eigenvalue weighted by Gasteiger charge is 2.45. The molecule has 14 heavy (non-hydrogen) atoms. The van der Waals surface area contributed by atoms with Crippen LogP contribution in [0.4, 0.5) is 5.69 Å². The third kappa shape index (κ3) is 1.63. The first-order chi connectivity index (χ1) is 6.62. The number of rotatable bonds is 2. The van der Waals surface area contributed by atoms with Gasteiger partial charge >= 0.3 is 0 Å². The number of hydrogen-bond donors (Lipinski definition) is 2. The number of amides is 1. The number of carbonyl (C=O) groups excluding carboxylic acids is 1. The Bertz CT molecular complexity index is 369. The molecule has 0 heterocycles. The molecule has 0 unspecified atom stereocenters. The summed E-state index contributed by atoms with van der Waals surface area (Å²) in [5, 5.41) is 2.85. The molecule has 1 aliphatic carbocycles.